The van der Waals surface area contributed by atoms with E-state index in [2.05, 4.69) is 15.5 Å². The van der Waals surface area contributed by atoms with E-state index in [-0.39, 0.29) is 24.4 Å². The predicted molar refractivity (Wildman–Crippen MR) is 81.3 cm³/mol. The summed E-state index contributed by atoms with van der Waals surface area (Å²) in [5, 5.41) is 6.63. The molecule has 0 saturated carbocycles. The Morgan fingerprint density at radius 3 is 2.91 bits per heavy atom. The lowest BCUT2D eigenvalue weighted by atomic mass is 10.2. The molecule has 1 atom stereocenters. The van der Waals surface area contributed by atoms with E-state index in [4.69, 9.17) is 4.52 Å². The van der Waals surface area contributed by atoms with Crippen molar-refractivity contribution in [2.24, 2.45) is 0 Å². The molecule has 7 nitrogen and oxygen atoms in total. The second kappa shape index (κ2) is 6.60. The highest BCUT2D eigenvalue weighted by molar-refractivity contribution is 5.93. The minimum absolute atomic E-state index is 0.106. The molecule has 2 amide bonds. The highest BCUT2D eigenvalue weighted by Crippen LogP contribution is 2.31. The fourth-order valence-corrected chi connectivity index (χ4v) is 2.71. The minimum Gasteiger partial charge on any atom is -0.345 e. The van der Waals surface area contributed by atoms with Crippen LogP contribution in [0, 0.1) is 0 Å². The lowest BCUT2D eigenvalue weighted by molar-refractivity contribution is -0.129. The largest absolute Gasteiger partial charge is 0.345 e. The van der Waals surface area contributed by atoms with Gasteiger partial charge in [-0.15, -0.1) is 0 Å². The number of aromatic nitrogens is 2. The molecule has 0 spiro atoms. The first-order valence-electron chi connectivity index (χ1n) is 7.64. The number of likely N-dealkylation sites (tertiary alicyclic amines) is 1. The third-order valence-corrected chi connectivity index (χ3v) is 3.88. The van der Waals surface area contributed by atoms with Crippen LogP contribution in [0.4, 0.5) is 0 Å². The van der Waals surface area contributed by atoms with Gasteiger partial charge in [0.05, 0.1) is 6.54 Å². The molecule has 1 saturated heterocycles. The van der Waals surface area contributed by atoms with Crippen molar-refractivity contribution in [3.05, 3.63) is 47.6 Å². The van der Waals surface area contributed by atoms with Crippen molar-refractivity contribution < 1.29 is 14.1 Å². The van der Waals surface area contributed by atoms with Gasteiger partial charge < -0.3 is 14.7 Å². The Morgan fingerprint density at radius 2 is 2.17 bits per heavy atom. The predicted octanol–water partition coefficient (Wildman–Crippen LogP) is 1.68. The molecular weight excluding hydrogens is 296 g/mol. The number of benzene rings is 1. The van der Waals surface area contributed by atoms with Gasteiger partial charge in [0.1, 0.15) is 6.04 Å². The van der Waals surface area contributed by atoms with E-state index >= 15 is 0 Å². The van der Waals surface area contributed by atoms with E-state index in [1.165, 1.54) is 0 Å². The van der Waals surface area contributed by atoms with Crippen molar-refractivity contribution in [2.45, 2.75) is 32.4 Å². The van der Waals surface area contributed by atoms with Gasteiger partial charge in [0.2, 0.25) is 11.8 Å². The van der Waals surface area contributed by atoms with Gasteiger partial charge in [0, 0.05) is 18.5 Å². The van der Waals surface area contributed by atoms with Crippen LogP contribution in [0.3, 0.4) is 0 Å². The summed E-state index contributed by atoms with van der Waals surface area (Å²) in [4.78, 5) is 29.8. The van der Waals surface area contributed by atoms with Gasteiger partial charge in [-0.3, -0.25) is 9.59 Å². The second-order valence-corrected chi connectivity index (χ2v) is 5.33. The Morgan fingerprint density at radius 1 is 1.39 bits per heavy atom. The summed E-state index contributed by atoms with van der Waals surface area (Å²) in [6.45, 7) is 2.73. The van der Waals surface area contributed by atoms with Crippen molar-refractivity contribution in [1.29, 1.82) is 0 Å². The Kier molecular flexibility index (Phi) is 4.36. The lowest BCUT2D eigenvalue weighted by Crippen LogP contribution is -2.27. The first-order chi connectivity index (χ1) is 11.2. The van der Waals surface area contributed by atoms with Crippen molar-refractivity contribution in [3.8, 4) is 0 Å². The van der Waals surface area contributed by atoms with Crippen LogP contribution < -0.4 is 5.32 Å². The number of nitrogens with one attached hydrogen (secondary N) is 1. The smallest absolute Gasteiger partial charge is 0.251 e. The average Bonchev–Trinajstić information content (AvgIpc) is 3.19. The summed E-state index contributed by atoms with van der Waals surface area (Å²) in [7, 11) is 0. The van der Waals surface area contributed by atoms with Gasteiger partial charge in [-0.25, -0.2) is 0 Å². The zero-order chi connectivity index (χ0) is 16.2. The molecule has 120 valence electrons. The molecule has 1 N–H and O–H groups in total. The number of carbonyl (C=O) groups excluding carboxylic acids is 2. The second-order valence-electron chi connectivity index (χ2n) is 5.33. The first-order valence-corrected chi connectivity index (χ1v) is 7.64. The van der Waals surface area contributed by atoms with E-state index in [9.17, 15) is 9.59 Å². The number of rotatable bonds is 5. The van der Waals surface area contributed by atoms with Crippen LogP contribution in [-0.4, -0.2) is 33.4 Å². The molecule has 1 fully saturated rings. The Hall–Kier alpha value is -2.70. The normalized spacial score (nSPS) is 17.5. The van der Waals surface area contributed by atoms with Crippen molar-refractivity contribution in [2.75, 3.05) is 6.54 Å². The van der Waals surface area contributed by atoms with E-state index in [0.717, 1.165) is 0 Å². The topological polar surface area (TPSA) is 88.3 Å². The number of carbonyl (C=O) groups is 2. The average molecular weight is 314 g/mol. The Balaban J connectivity index is 1.62. The third-order valence-electron chi connectivity index (χ3n) is 3.88. The Labute approximate surface area is 133 Å². The summed E-state index contributed by atoms with van der Waals surface area (Å²) in [5.74, 6) is 0.749. The van der Waals surface area contributed by atoms with Gasteiger partial charge >= 0.3 is 0 Å². The number of amides is 2. The summed E-state index contributed by atoms with van der Waals surface area (Å²) < 4.78 is 5.26. The quantitative estimate of drug-likeness (QED) is 0.907. The fourth-order valence-electron chi connectivity index (χ4n) is 2.71. The van der Waals surface area contributed by atoms with Crippen LogP contribution in [0.2, 0.25) is 0 Å². The molecule has 0 radical (unpaired) electrons. The summed E-state index contributed by atoms with van der Waals surface area (Å²) in [6, 6.07) is 8.78. The molecule has 2 aromatic rings. The maximum atomic E-state index is 12.0. The van der Waals surface area contributed by atoms with Crippen molar-refractivity contribution in [3.63, 3.8) is 0 Å². The van der Waals surface area contributed by atoms with Crippen LogP contribution in [-0.2, 0) is 11.3 Å². The van der Waals surface area contributed by atoms with Crippen LogP contribution in [0.15, 0.2) is 34.9 Å². The van der Waals surface area contributed by atoms with E-state index < -0.39 is 0 Å². The lowest BCUT2D eigenvalue weighted by Gasteiger charge is -2.19. The molecule has 7 heteroatoms. The van der Waals surface area contributed by atoms with Crippen molar-refractivity contribution in [1.82, 2.24) is 20.4 Å². The molecule has 1 aliphatic heterocycles. The minimum atomic E-state index is -0.192. The zero-order valence-corrected chi connectivity index (χ0v) is 12.9. The zero-order valence-electron chi connectivity index (χ0n) is 12.9. The molecule has 1 aromatic heterocycles. The van der Waals surface area contributed by atoms with Crippen molar-refractivity contribution >= 4 is 11.8 Å². The van der Waals surface area contributed by atoms with E-state index in [1.54, 1.807) is 29.2 Å². The molecule has 23 heavy (non-hydrogen) atoms. The molecule has 0 bridgehead atoms. The SMILES string of the molecule is CCN1C(=O)CC[C@H]1c1nc(CNC(=O)c2ccccc2)no1. The van der Waals surface area contributed by atoms with Gasteiger partial charge in [-0.05, 0) is 25.5 Å². The maximum absolute atomic E-state index is 12.0. The van der Waals surface area contributed by atoms with E-state index in [0.29, 0.717) is 36.7 Å². The molecule has 1 aliphatic rings. The molecule has 3 rings (SSSR count). The van der Waals surface area contributed by atoms with E-state index in [1.807, 2.05) is 13.0 Å². The third kappa shape index (κ3) is 3.23. The number of nitrogens with zero attached hydrogens (tertiary/aromatic N) is 3. The molecular formula is C16H18N4O3. The summed E-state index contributed by atoms with van der Waals surface area (Å²) in [6.07, 6.45) is 1.19. The maximum Gasteiger partial charge on any atom is 0.251 e. The Bertz CT molecular complexity index is 698. The molecule has 0 unspecified atom stereocenters. The molecule has 1 aromatic carbocycles. The molecule has 0 aliphatic carbocycles. The standard InChI is InChI=1S/C16H18N4O3/c1-2-20-12(8-9-14(20)21)16-18-13(19-23-16)10-17-15(22)11-6-4-3-5-7-11/h3-7,12H,2,8-10H2,1H3,(H,17,22)/t12-/m0/s1. The monoisotopic (exact) mass is 314 g/mol. The van der Waals surface area contributed by atoms with Gasteiger partial charge in [-0.2, -0.15) is 4.98 Å². The fraction of sp³-hybridized carbons (Fsp3) is 0.375. The van der Waals surface area contributed by atoms with Crippen LogP contribution in [0.1, 0.15) is 47.9 Å². The van der Waals surface area contributed by atoms with Gasteiger partial charge in [0.25, 0.3) is 5.91 Å². The number of hydrogen-bond donors (Lipinski definition) is 1. The van der Waals surface area contributed by atoms with Gasteiger partial charge in [-0.1, -0.05) is 23.4 Å². The highest BCUT2D eigenvalue weighted by Gasteiger charge is 2.34. The van der Waals surface area contributed by atoms with Crippen LogP contribution in [0.5, 0.6) is 0 Å². The van der Waals surface area contributed by atoms with Crippen LogP contribution in [0.25, 0.3) is 0 Å². The first kappa shape index (κ1) is 15.2. The molecule has 2 heterocycles. The van der Waals surface area contributed by atoms with Crippen LogP contribution >= 0.6 is 0 Å². The highest BCUT2D eigenvalue weighted by atomic mass is 16.5. The summed E-state index contributed by atoms with van der Waals surface area (Å²) >= 11 is 0. The van der Waals surface area contributed by atoms with Gasteiger partial charge in [0.15, 0.2) is 5.82 Å². The number of hydrogen-bond acceptors (Lipinski definition) is 5. The summed E-state index contributed by atoms with van der Waals surface area (Å²) in [5.41, 5.74) is 0.578.